The Kier molecular flexibility index (Phi) is 5.44. The summed E-state index contributed by atoms with van der Waals surface area (Å²) in [4.78, 5) is 15.4. The van der Waals surface area contributed by atoms with E-state index in [1.54, 1.807) is 7.11 Å². The van der Waals surface area contributed by atoms with Crippen molar-refractivity contribution in [2.45, 2.75) is 12.5 Å². The fourth-order valence-corrected chi connectivity index (χ4v) is 1.80. The number of thioether (sulfide) groups is 1. The molecular weight excluding hydrogens is 220 g/mol. The van der Waals surface area contributed by atoms with Crippen LogP contribution in [0, 0.1) is 0 Å². The van der Waals surface area contributed by atoms with Crippen molar-refractivity contribution in [2.24, 2.45) is 5.16 Å². The molecule has 1 atom stereocenters. The van der Waals surface area contributed by atoms with E-state index in [0.717, 1.165) is 0 Å². The molecule has 0 saturated carbocycles. The topological polar surface area (TPSA) is 69.2 Å². The van der Waals surface area contributed by atoms with Crippen LogP contribution in [0.1, 0.15) is 6.42 Å². The van der Waals surface area contributed by atoms with Crippen molar-refractivity contribution in [3.63, 3.8) is 0 Å². The molecule has 0 aliphatic carbocycles. The first-order valence-corrected chi connectivity index (χ1v) is 5.46. The summed E-state index contributed by atoms with van der Waals surface area (Å²) in [6, 6.07) is 0. The van der Waals surface area contributed by atoms with Crippen LogP contribution in [0.2, 0.25) is 0 Å². The van der Waals surface area contributed by atoms with Gasteiger partial charge in [-0.3, -0.25) is 4.84 Å². The predicted octanol–water partition coefficient (Wildman–Crippen LogP) is 0.782. The van der Waals surface area contributed by atoms with Gasteiger partial charge in [0.05, 0.1) is 5.94 Å². The minimum Gasteiger partial charge on any atom is -0.385 e. The van der Waals surface area contributed by atoms with E-state index in [1.807, 2.05) is 0 Å². The zero-order valence-electron chi connectivity index (χ0n) is 8.69. The molecule has 15 heavy (non-hydrogen) atoms. The Labute approximate surface area is 92.3 Å². The van der Waals surface area contributed by atoms with Crippen LogP contribution < -0.4 is 5.32 Å². The lowest BCUT2D eigenvalue weighted by atomic mass is 10.3. The lowest BCUT2D eigenvalue weighted by Gasteiger charge is -2.07. The second-order valence-corrected chi connectivity index (χ2v) is 3.70. The number of nitrogens with zero attached hydrogens (tertiary/aromatic N) is 1. The number of hydrogen-bond donors (Lipinski definition) is 1. The molecule has 1 heterocycles. The second kappa shape index (κ2) is 6.65. The minimum absolute atomic E-state index is 0.125. The number of carbonyl (C=O) groups is 1. The second-order valence-electron chi connectivity index (χ2n) is 2.76. The van der Waals surface area contributed by atoms with Crippen LogP contribution in [0.15, 0.2) is 5.16 Å². The Hall–Kier alpha value is -0.790. The lowest BCUT2D eigenvalue weighted by molar-refractivity contribution is 0.103. The molecule has 1 rings (SSSR count). The third-order valence-corrected chi connectivity index (χ3v) is 2.65. The Morgan fingerprint density at radius 2 is 2.60 bits per heavy atom. The molecule has 0 bridgehead atoms. The maximum absolute atomic E-state index is 10.8. The van der Waals surface area contributed by atoms with Crippen molar-refractivity contribution < 1.29 is 19.1 Å². The maximum atomic E-state index is 10.8. The normalized spacial score (nSPS) is 23.1. The molecule has 0 aromatic rings. The van der Waals surface area contributed by atoms with Crippen LogP contribution in [-0.2, 0) is 14.3 Å². The summed E-state index contributed by atoms with van der Waals surface area (Å²) in [5, 5.41) is 6.70. The summed E-state index contributed by atoms with van der Waals surface area (Å²) in [5.74, 6) is 0.532. The highest BCUT2D eigenvalue weighted by atomic mass is 32.2. The Bertz CT molecular complexity index is 247. The Balaban J connectivity index is 2.41. The highest BCUT2D eigenvalue weighted by molar-refractivity contribution is 8.14. The fraction of sp³-hybridized carbons (Fsp3) is 0.750. The Morgan fingerprint density at radius 1 is 1.80 bits per heavy atom. The third kappa shape index (κ3) is 4.06. The summed E-state index contributed by atoms with van der Waals surface area (Å²) >= 11 is 1.42. The smallest absolute Gasteiger partial charge is 0.385 e. The average molecular weight is 234 g/mol. The van der Waals surface area contributed by atoms with Gasteiger partial charge in [-0.05, 0) is 0 Å². The summed E-state index contributed by atoms with van der Waals surface area (Å²) in [5.41, 5.74) is 0. The fourth-order valence-electron chi connectivity index (χ4n) is 0.990. The highest BCUT2D eigenvalue weighted by Gasteiger charge is 2.25. The molecule has 1 N–H and O–H groups in total. The molecule has 6 nitrogen and oxygen atoms in total. The van der Waals surface area contributed by atoms with Gasteiger partial charge in [0.25, 0.3) is 0 Å². The zero-order chi connectivity index (χ0) is 11.1. The van der Waals surface area contributed by atoms with Crippen LogP contribution in [0.3, 0.4) is 0 Å². The summed E-state index contributed by atoms with van der Waals surface area (Å²) in [7, 11) is 3.10. The molecule has 0 spiro atoms. The van der Waals surface area contributed by atoms with Crippen LogP contribution >= 0.6 is 11.8 Å². The van der Waals surface area contributed by atoms with Crippen molar-refractivity contribution in [3.8, 4) is 0 Å². The lowest BCUT2D eigenvalue weighted by Crippen LogP contribution is -2.20. The van der Waals surface area contributed by atoms with Gasteiger partial charge in [-0.2, -0.15) is 0 Å². The number of hydrogen-bond acceptors (Lipinski definition) is 6. The predicted molar refractivity (Wildman–Crippen MR) is 56.8 cm³/mol. The van der Waals surface area contributed by atoms with Gasteiger partial charge >= 0.3 is 6.09 Å². The molecule has 0 aromatic heterocycles. The largest absolute Gasteiger partial charge is 0.433 e. The van der Waals surface area contributed by atoms with Crippen LogP contribution in [0.4, 0.5) is 4.79 Å². The Morgan fingerprint density at radius 3 is 3.27 bits per heavy atom. The van der Waals surface area contributed by atoms with E-state index in [1.165, 1.54) is 18.8 Å². The van der Waals surface area contributed by atoms with Gasteiger partial charge in [-0.15, -0.1) is 0 Å². The van der Waals surface area contributed by atoms with Gasteiger partial charge in [0.1, 0.15) is 11.1 Å². The quantitative estimate of drug-likeness (QED) is 0.575. The standard InChI is InChI=1S/C8H14N2O4S/c1-9-8(11)14-10-7-6(3-4-12-2)13-5-15-7/h6H,3-5H2,1-2H3,(H,9,11). The number of oxime groups is 1. The first kappa shape index (κ1) is 12.3. The van der Waals surface area contributed by atoms with Crippen LogP contribution in [0.25, 0.3) is 0 Å². The van der Waals surface area contributed by atoms with Crippen molar-refractivity contribution in [1.82, 2.24) is 5.32 Å². The molecule has 1 aliphatic heterocycles. The number of methoxy groups -OCH3 is 1. The molecule has 0 aromatic carbocycles. The van der Waals surface area contributed by atoms with Crippen molar-refractivity contribution in [2.75, 3.05) is 26.7 Å². The zero-order valence-corrected chi connectivity index (χ0v) is 9.50. The number of carbonyl (C=O) groups excluding carboxylic acids is 1. The van der Waals surface area contributed by atoms with Gasteiger partial charge in [0.15, 0.2) is 0 Å². The van der Waals surface area contributed by atoms with E-state index >= 15 is 0 Å². The van der Waals surface area contributed by atoms with E-state index in [2.05, 4.69) is 15.3 Å². The number of ether oxygens (including phenoxy) is 2. The molecule has 0 radical (unpaired) electrons. The van der Waals surface area contributed by atoms with E-state index in [4.69, 9.17) is 9.47 Å². The summed E-state index contributed by atoms with van der Waals surface area (Å²) in [6.45, 7) is 0.588. The molecule has 1 unspecified atom stereocenters. The van der Waals surface area contributed by atoms with Gasteiger partial charge in [0, 0.05) is 27.2 Å². The summed E-state index contributed by atoms with van der Waals surface area (Å²) < 4.78 is 10.3. The molecular formula is C8H14N2O4S. The number of rotatable bonds is 4. The molecule has 1 saturated heterocycles. The van der Waals surface area contributed by atoms with Crippen molar-refractivity contribution in [1.29, 1.82) is 0 Å². The number of nitrogens with one attached hydrogen (secondary N) is 1. The van der Waals surface area contributed by atoms with E-state index in [9.17, 15) is 4.79 Å². The molecule has 1 aliphatic rings. The van der Waals surface area contributed by atoms with Gasteiger partial charge in [0.2, 0.25) is 0 Å². The first-order chi connectivity index (χ1) is 7.27. The first-order valence-electron chi connectivity index (χ1n) is 4.48. The highest BCUT2D eigenvalue weighted by Crippen LogP contribution is 2.22. The third-order valence-electron chi connectivity index (χ3n) is 1.76. The van der Waals surface area contributed by atoms with Gasteiger partial charge in [-0.1, -0.05) is 16.9 Å². The average Bonchev–Trinajstić information content (AvgIpc) is 2.70. The van der Waals surface area contributed by atoms with Crippen LogP contribution in [-0.4, -0.2) is 43.9 Å². The summed E-state index contributed by atoms with van der Waals surface area (Å²) in [6.07, 6.45) is -0.000468. The van der Waals surface area contributed by atoms with Gasteiger partial charge < -0.3 is 14.8 Å². The molecule has 1 fully saturated rings. The van der Waals surface area contributed by atoms with Crippen molar-refractivity contribution >= 4 is 22.9 Å². The molecule has 7 heteroatoms. The monoisotopic (exact) mass is 234 g/mol. The van der Waals surface area contributed by atoms with Gasteiger partial charge in [-0.25, -0.2) is 4.79 Å². The minimum atomic E-state index is -0.583. The maximum Gasteiger partial charge on any atom is 0.433 e. The number of amides is 1. The molecule has 86 valence electrons. The molecule has 1 amide bonds. The van der Waals surface area contributed by atoms with E-state index < -0.39 is 6.09 Å². The van der Waals surface area contributed by atoms with Crippen LogP contribution in [0.5, 0.6) is 0 Å². The van der Waals surface area contributed by atoms with Crippen molar-refractivity contribution in [3.05, 3.63) is 0 Å². The van der Waals surface area contributed by atoms with E-state index in [-0.39, 0.29) is 6.10 Å². The SMILES string of the molecule is CNC(=O)ON=C1SCOC1CCOC. The van der Waals surface area contributed by atoms with E-state index in [0.29, 0.717) is 24.0 Å².